The quantitative estimate of drug-likeness (QED) is 0.836. The van der Waals surface area contributed by atoms with Gasteiger partial charge in [-0.2, -0.15) is 5.10 Å². The number of aliphatic hydroxyl groups is 1. The van der Waals surface area contributed by atoms with E-state index >= 15 is 0 Å². The number of amides is 1. The fraction of sp³-hybridized carbons (Fsp3) is 0.286. The first-order chi connectivity index (χ1) is 9.16. The molecular formula is C14H15N3O2. The van der Waals surface area contributed by atoms with Gasteiger partial charge in [-0.3, -0.25) is 9.48 Å². The van der Waals surface area contributed by atoms with E-state index in [1.807, 2.05) is 24.3 Å². The number of aromatic nitrogens is 2. The highest BCUT2D eigenvalue weighted by Crippen LogP contribution is 2.31. The van der Waals surface area contributed by atoms with Crippen molar-refractivity contribution in [1.82, 2.24) is 15.1 Å². The smallest absolute Gasteiger partial charge is 0.270 e. The molecule has 1 heterocycles. The average molecular weight is 257 g/mol. The zero-order chi connectivity index (χ0) is 13.4. The van der Waals surface area contributed by atoms with Crippen LogP contribution < -0.4 is 5.32 Å². The molecule has 98 valence electrons. The average Bonchev–Trinajstić information content (AvgIpc) is 2.94. The summed E-state index contributed by atoms with van der Waals surface area (Å²) in [6.45, 7) is 0. The standard InChI is InChI=1S/C14H15N3O2/c1-17-11(6-7-15-17)14(19)16-13-10-5-3-2-4-9(10)8-12(13)18/h2-7,12-13,18H,8H2,1H3,(H,16,19)/t12-,13+/m0/s1. The Labute approximate surface area is 110 Å². The molecule has 0 bridgehead atoms. The molecule has 1 aromatic heterocycles. The van der Waals surface area contributed by atoms with E-state index in [4.69, 9.17) is 0 Å². The van der Waals surface area contributed by atoms with E-state index in [0.29, 0.717) is 12.1 Å². The summed E-state index contributed by atoms with van der Waals surface area (Å²) in [7, 11) is 1.72. The van der Waals surface area contributed by atoms with Crippen molar-refractivity contribution in [2.24, 2.45) is 7.05 Å². The predicted molar refractivity (Wildman–Crippen MR) is 69.6 cm³/mol. The molecule has 0 unspecified atom stereocenters. The van der Waals surface area contributed by atoms with Gasteiger partial charge in [0, 0.05) is 19.7 Å². The number of rotatable bonds is 2. The van der Waals surface area contributed by atoms with Gasteiger partial charge in [-0.15, -0.1) is 0 Å². The first kappa shape index (κ1) is 11.9. The van der Waals surface area contributed by atoms with Crippen molar-refractivity contribution in [2.75, 3.05) is 0 Å². The summed E-state index contributed by atoms with van der Waals surface area (Å²) in [4.78, 5) is 12.2. The molecule has 1 aliphatic carbocycles. The monoisotopic (exact) mass is 257 g/mol. The predicted octanol–water partition coefficient (Wildman–Crippen LogP) is 0.808. The van der Waals surface area contributed by atoms with Crippen molar-refractivity contribution in [1.29, 1.82) is 0 Å². The third-order valence-electron chi connectivity index (χ3n) is 3.54. The normalized spacial score (nSPS) is 21.2. The molecule has 1 aromatic carbocycles. The Bertz CT molecular complexity index is 621. The fourth-order valence-electron chi connectivity index (χ4n) is 2.56. The van der Waals surface area contributed by atoms with Gasteiger partial charge in [-0.05, 0) is 17.2 Å². The van der Waals surface area contributed by atoms with Gasteiger partial charge >= 0.3 is 0 Å². The lowest BCUT2D eigenvalue weighted by Gasteiger charge is -2.17. The second-order valence-corrected chi connectivity index (χ2v) is 4.76. The molecule has 0 spiro atoms. The minimum atomic E-state index is -0.574. The number of aliphatic hydroxyl groups excluding tert-OH is 1. The van der Waals surface area contributed by atoms with Crippen LogP contribution in [0.15, 0.2) is 36.5 Å². The minimum Gasteiger partial charge on any atom is -0.390 e. The maximum atomic E-state index is 12.2. The number of aryl methyl sites for hydroxylation is 1. The maximum absolute atomic E-state index is 12.2. The first-order valence-corrected chi connectivity index (χ1v) is 6.21. The topological polar surface area (TPSA) is 67.2 Å². The zero-order valence-corrected chi connectivity index (χ0v) is 10.6. The first-order valence-electron chi connectivity index (χ1n) is 6.21. The third kappa shape index (κ3) is 2.02. The van der Waals surface area contributed by atoms with Crippen molar-refractivity contribution in [3.63, 3.8) is 0 Å². The SMILES string of the molecule is Cn1nccc1C(=O)N[C@@H]1c2ccccc2C[C@@H]1O. The lowest BCUT2D eigenvalue weighted by molar-refractivity contribution is 0.0849. The van der Waals surface area contributed by atoms with Gasteiger partial charge in [0.15, 0.2) is 0 Å². The molecule has 3 rings (SSSR count). The Morgan fingerprint density at radius 1 is 1.42 bits per heavy atom. The molecular weight excluding hydrogens is 242 g/mol. The maximum Gasteiger partial charge on any atom is 0.270 e. The zero-order valence-electron chi connectivity index (χ0n) is 10.6. The van der Waals surface area contributed by atoms with Crippen molar-refractivity contribution in [2.45, 2.75) is 18.6 Å². The molecule has 0 aliphatic heterocycles. The molecule has 1 amide bonds. The van der Waals surface area contributed by atoms with Gasteiger partial charge in [-0.1, -0.05) is 24.3 Å². The van der Waals surface area contributed by atoms with Gasteiger partial charge in [0.1, 0.15) is 5.69 Å². The lowest BCUT2D eigenvalue weighted by Crippen LogP contribution is -2.34. The van der Waals surface area contributed by atoms with E-state index < -0.39 is 6.10 Å². The molecule has 1 aliphatic rings. The highest BCUT2D eigenvalue weighted by molar-refractivity contribution is 5.92. The molecule has 19 heavy (non-hydrogen) atoms. The van der Waals surface area contributed by atoms with E-state index in [1.54, 1.807) is 19.3 Å². The number of fused-ring (bicyclic) bond motifs is 1. The summed E-state index contributed by atoms with van der Waals surface area (Å²) in [6.07, 6.45) is 1.58. The van der Waals surface area contributed by atoms with Crippen LogP contribution in [-0.2, 0) is 13.5 Å². The van der Waals surface area contributed by atoms with Crippen LogP contribution in [-0.4, -0.2) is 26.9 Å². The summed E-state index contributed by atoms with van der Waals surface area (Å²) in [6, 6.07) is 9.09. The van der Waals surface area contributed by atoms with Gasteiger partial charge < -0.3 is 10.4 Å². The molecule has 0 fully saturated rings. The van der Waals surface area contributed by atoms with Crippen LogP contribution in [0.1, 0.15) is 27.7 Å². The summed E-state index contributed by atoms with van der Waals surface area (Å²) < 4.78 is 1.52. The minimum absolute atomic E-state index is 0.222. The summed E-state index contributed by atoms with van der Waals surface area (Å²) >= 11 is 0. The van der Waals surface area contributed by atoms with E-state index in [0.717, 1.165) is 11.1 Å². The van der Waals surface area contributed by atoms with Gasteiger partial charge in [0.2, 0.25) is 0 Å². The molecule has 5 nitrogen and oxygen atoms in total. The van der Waals surface area contributed by atoms with Gasteiger partial charge in [0.25, 0.3) is 5.91 Å². The molecule has 2 N–H and O–H groups in total. The number of hydrogen-bond acceptors (Lipinski definition) is 3. The Hall–Kier alpha value is -2.14. The van der Waals surface area contributed by atoms with Crippen molar-refractivity contribution in [3.05, 3.63) is 53.3 Å². The van der Waals surface area contributed by atoms with Gasteiger partial charge in [0.05, 0.1) is 12.1 Å². The van der Waals surface area contributed by atoms with Crippen LogP contribution in [0.25, 0.3) is 0 Å². The highest BCUT2D eigenvalue weighted by atomic mass is 16.3. The summed E-state index contributed by atoms with van der Waals surface area (Å²) in [5.41, 5.74) is 2.56. The molecule has 2 atom stereocenters. The summed E-state index contributed by atoms with van der Waals surface area (Å²) in [5.74, 6) is -0.222. The summed E-state index contributed by atoms with van der Waals surface area (Å²) in [5, 5.41) is 16.9. The molecule has 0 saturated carbocycles. The van der Waals surface area contributed by atoms with Crippen LogP contribution in [0.2, 0.25) is 0 Å². The van der Waals surface area contributed by atoms with Crippen molar-refractivity contribution < 1.29 is 9.90 Å². The van der Waals surface area contributed by atoms with E-state index in [2.05, 4.69) is 10.4 Å². The Balaban J connectivity index is 1.84. The Morgan fingerprint density at radius 2 is 2.21 bits per heavy atom. The second-order valence-electron chi connectivity index (χ2n) is 4.76. The highest BCUT2D eigenvalue weighted by Gasteiger charge is 2.32. The lowest BCUT2D eigenvalue weighted by atomic mass is 10.1. The van der Waals surface area contributed by atoms with E-state index in [1.165, 1.54) is 4.68 Å². The fourth-order valence-corrected chi connectivity index (χ4v) is 2.56. The van der Waals surface area contributed by atoms with Crippen molar-refractivity contribution >= 4 is 5.91 Å². The molecule has 0 saturated heterocycles. The number of benzene rings is 1. The largest absolute Gasteiger partial charge is 0.390 e. The van der Waals surface area contributed by atoms with Crippen LogP contribution >= 0.6 is 0 Å². The number of carbonyl (C=O) groups excluding carboxylic acids is 1. The molecule has 0 radical (unpaired) electrons. The van der Waals surface area contributed by atoms with Crippen LogP contribution in [0.4, 0.5) is 0 Å². The van der Waals surface area contributed by atoms with Crippen molar-refractivity contribution in [3.8, 4) is 0 Å². The van der Waals surface area contributed by atoms with Crippen LogP contribution in [0.5, 0.6) is 0 Å². The Morgan fingerprint density at radius 3 is 2.95 bits per heavy atom. The number of nitrogens with one attached hydrogen (secondary N) is 1. The van der Waals surface area contributed by atoms with E-state index in [-0.39, 0.29) is 11.9 Å². The van der Waals surface area contributed by atoms with Crippen LogP contribution in [0, 0.1) is 0 Å². The Kier molecular flexibility index (Phi) is 2.83. The second kappa shape index (κ2) is 4.51. The number of nitrogens with zero attached hydrogens (tertiary/aromatic N) is 2. The third-order valence-corrected chi connectivity index (χ3v) is 3.54. The van der Waals surface area contributed by atoms with E-state index in [9.17, 15) is 9.90 Å². The number of hydrogen-bond donors (Lipinski definition) is 2. The molecule has 2 aromatic rings. The van der Waals surface area contributed by atoms with Gasteiger partial charge in [-0.25, -0.2) is 0 Å². The molecule has 5 heteroatoms. The van der Waals surface area contributed by atoms with Crippen LogP contribution in [0.3, 0.4) is 0 Å². The number of carbonyl (C=O) groups is 1.